The van der Waals surface area contributed by atoms with Crippen LogP contribution in [0, 0.1) is 13.8 Å². The van der Waals surface area contributed by atoms with Crippen molar-refractivity contribution in [3.8, 4) is 11.5 Å². The molecule has 2 rings (SSSR count). The molecule has 0 aliphatic carbocycles. The highest BCUT2D eigenvalue weighted by molar-refractivity contribution is 8.13. The zero-order valence-electron chi connectivity index (χ0n) is 14.5. The van der Waals surface area contributed by atoms with Gasteiger partial charge in [0.05, 0.1) is 12.3 Å². The number of ether oxygens (including phenoxy) is 2. The third-order valence-electron chi connectivity index (χ3n) is 3.53. The summed E-state index contributed by atoms with van der Waals surface area (Å²) in [4.78, 5) is 11.7. The first-order valence-electron chi connectivity index (χ1n) is 7.84. The molecule has 1 N–H and O–H groups in total. The molecule has 0 bridgehead atoms. The van der Waals surface area contributed by atoms with E-state index in [1.165, 1.54) is 5.56 Å². The van der Waals surface area contributed by atoms with E-state index < -0.39 is 0 Å². The van der Waals surface area contributed by atoms with E-state index in [-0.39, 0.29) is 5.24 Å². The van der Waals surface area contributed by atoms with Gasteiger partial charge in [0.15, 0.2) is 0 Å². The fourth-order valence-corrected chi connectivity index (χ4v) is 2.54. The number of hydrogen-bond donors (Lipinski definition) is 1. The van der Waals surface area contributed by atoms with Crippen LogP contribution in [0.4, 0.5) is 10.5 Å². The average Bonchev–Trinajstić information content (AvgIpc) is 2.55. The monoisotopic (exact) mass is 345 g/mol. The van der Waals surface area contributed by atoms with Crippen LogP contribution in [0.25, 0.3) is 0 Å². The van der Waals surface area contributed by atoms with Gasteiger partial charge in [0.25, 0.3) is 5.24 Å². The maximum atomic E-state index is 11.7. The summed E-state index contributed by atoms with van der Waals surface area (Å²) in [6.07, 6.45) is 1.74. The summed E-state index contributed by atoms with van der Waals surface area (Å²) in [6, 6.07) is 11.7. The fourth-order valence-electron chi connectivity index (χ4n) is 2.33. The van der Waals surface area contributed by atoms with Gasteiger partial charge < -0.3 is 14.8 Å². The second-order valence-electron chi connectivity index (χ2n) is 5.43. The number of benzene rings is 2. The van der Waals surface area contributed by atoms with Gasteiger partial charge in [-0.05, 0) is 50.8 Å². The minimum Gasteiger partial charge on any atom is -0.494 e. The summed E-state index contributed by atoms with van der Waals surface area (Å²) in [6.45, 7) is 6.96. The van der Waals surface area contributed by atoms with Crippen LogP contribution in [-0.4, -0.2) is 18.1 Å². The van der Waals surface area contributed by atoms with Gasteiger partial charge in [-0.3, -0.25) is 4.79 Å². The molecule has 1 amide bonds. The second kappa shape index (κ2) is 8.64. The van der Waals surface area contributed by atoms with Crippen molar-refractivity contribution in [2.24, 2.45) is 0 Å². The van der Waals surface area contributed by atoms with Crippen molar-refractivity contribution in [3.05, 3.63) is 53.1 Å². The van der Waals surface area contributed by atoms with Crippen molar-refractivity contribution < 1.29 is 14.3 Å². The number of carbonyl (C=O) groups excluding carboxylic acids is 1. The molecule has 0 aromatic heterocycles. The molecule has 0 radical (unpaired) electrons. The molecular formula is C19H23NO3S. The van der Waals surface area contributed by atoms with E-state index in [0.29, 0.717) is 18.9 Å². The van der Waals surface area contributed by atoms with Crippen LogP contribution in [0.1, 0.15) is 23.6 Å². The molecule has 2 aromatic carbocycles. The normalized spacial score (nSPS) is 10.3. The number of hydrogen-bond acceptors (Lipinski definition) is 4. The number of aryl methyl sites for hydroxylation is 2. The Hall–Kier alpha value is -2.14. The summed E-state index contributed by atoms with van der Waals surface area (Å²) in [7, 11) is 0. The number of thioether (sulfide) groups is 1. The quantitative estimate of drug-likeness (QED) is 0.784. The molecule has 0 atom stereocenters. The SMILES string of the molecule is CCOc1ccc(COc2ccc(C)cc2C)c(NC(=O)SC)c1. The first kappa shape index (κ1) is 18.2. The molecule has 0 saturated carbocycles. The van der Waals surface area contributed by atoms with Gasteiger partial charge in [-0.15, -0.1) is 0 Å². The zero-order valence-corrected chi connectivity index (χ0v) is 15.3. The van der Waals surface area contributed by atoms with Crippen molar-refractivity contribution in [3.63, 3.8) is 0 Å². The molecule has 0 saturated heterocycles. The minimum atomic E-state index is -0.114. The van der Waals surface area contributed by atoms with Gasteiger partial charge in [0, 0.05) is 11.6 Å². The van der Waals surface area contributed by atoms with Crippen LogP contribution in [0.15, 0.2) is 36.4 Å². The Bertz CT molecular complexity index is 716. The Labute approximate surface area is 147 Å². The maximum absolute atomic E-state index is 11.7. The lowest BCUT2D eigenvalue weighted by Crippen LogP contribution is -2.09. The van der Waals surface area contributed by atoms with Gasteiger partial charge in [-0.2, -0.15) is 0 Å². The standard InChI is InChI=1S/C19H23NO3S/c1-5-22-16-8-7-15(17(11-16)20-19(21)24-4)12-23-18-9-6-13(2)10-14(18)3/h6-11H,5,12H2,1-4H3,(H,20,21). The predicted octanol–water partition coefficient (Wildman–Crippen LogP) is 5.18. The Morgan fingerprint density at radius 3 is 2.58 bits per heavy atom. The molecule has 0 fully saturated rings. The number of rotatable bonds is 6. The van der Waals surface area contributed by atoms with Crippen molar-refractivity contribution in [1.29, 1.82) is 0 Å². The van der Waals surface area contributed by atoms with Gasteiger partial charge in [-0.1, -0.05) is 29.5 Å². The first-order chi connectivity index (χ1) is 11.5. The lowest BCUT2D eigenvalue weighted by Gasteiger charge is -2.15. The van der Waals surface area contributed by atoms with Gasteiger partial charge in [-0.25, -0.2) is 0 Å². The highest BCUT2D eigenvalue weighted by Crippen LogP contribution is 2.26. The smallest absolute Gasteiger partial charge is 0.283 e. The van der Waals surface area contributed by atoms with Crippen LogP contribution in [0.3, 0.4) is 0 Å². The Kier molecular flexibility index (Phi) is 6.55. The molecule has 0 spiro atoms. The minimum absolute atomic E-state index is 0.114. The van der Waals surface area contributed by atoms with E-state index in [0.717, 1.165) is 34.4 Å². The summed E-state index contributed by atoms with van der Waals surface area (Å²) >= 11 is 1.13. The van der Waals surface area contributed by atoms with E-state index in [2.05, 4.69) is 18.3 Å². The van der Waals surface area contributed by atoms with Gasteiger partial charge >= 0.3 is 0 Å². The highest BCUT2D eigenvalue weighted by atomic mass is 32.2. The molecule has 4 nitrogen and oxygen atoms in total. The summed E-state index contributed by atoms with van der Waals surface area (Å²) in [5.74, 6) is 1.57. The zero-order chi connectivity index (χ0) is 17.5. The molecule has 0 aliphatic heterocycles. The number of carbonyl (C=O) groups is 1. The fraction of sp³-hybridized carbons (Fsp3) is 0.316. The van der Waals surface area contributed by atoms with Crippen LogP contribution in [-0.2, 0) is 6.61 Å². The Morgan fingerprint density at radius 1 is 1.12 bits per heavy atom. The molecule has 24 heavy (non-hydrogen) atoms. The number of amides is 1. The van der Waals surface area contributed by atoms with Crippen LogP contribution in [0.2, 0.25) is 0 Å². The molecular weight excluding hydrogens is 322 g/mol. The predicted molar refractivity (Wildman–Crippen MR) is 100 cm³/mol. The summed E-state index contributed by atoms with van der Waals surface area (Å²) in [5.41, 5.74) is 3.91. The van der Waals surface area contributed by atoms with Crippen molar-refractivity contribution in [1.82, 2.24) is 0 Å². The average molecular weight is 345 g/mol. The lowest BCUT2D eigenvalue weighted by atomic mass is 10.1. The molecule has 2 aromatic rings. The first-order valence-corrected chi connectivity index (χ1v) is 9.06. The van der Waals surface area contributed by atoms with Crippen molar-refractivity contribution in [2.45, 2.75) is 27.4 Å². The number of anilines is 1. The molecule has 5 heteroatoms. The van der Waals surface area contributed by atoms with E-state index in [1.54, 1.807) is 6.26 Å². The van der Waals surface area contributed by atoms with Crippen molar-refractivity contribution >= 4 is 22.7 Å². The molecule has 0 aliphatic rings. The van der Waals surface area contributed by atoms with Gasteiger partial charge in [0.1, 0.15) is 18.1 Å². The third-order valence-corrected chi connectivity index (χ3v) is 4.00. The Balaban J connectivity index is 2.19. The Morgan fingerprint density at radius 2 is 1.92 bits per heavy atom. The molecule has 128 valence electrons. The van der Waals surface area contributed by atoms with Crippen LogP contribution in [0.5, 0.6) is 11.5 Å². The topological polar surface area (TPSA) is 47.6 Å². The van der Waals surface area contributed by atoms with Gasteiger partial charge in [0.2, 0.25) is 0 Å². The van der Waals surface area contributed by atoms with Crippen molar-refractivity contribution in [2.75, 3.05) is 18.2 Å². The summed E-state index contributed by atoms with van der Waals surface area (Å²) < 4.78 is 11.4. The third kappa shape index (κ3) is 4.93. The van der Waals surface area contributed by atoms with E-state index in [9.17, 15) is 4.79 Å². The van der Waals surface area contributed by atoms with E-state index in [1.807, 2.05) is 44.2 Å². The lowest BCUT2D eigenvalue weighted by molar-refractivity contribution is 0.269. The second-order valence-corrected chi connectivity index (χ2v) is 6.21. The highest BCUT2D eigenvalue weighted by Gasteiger charge is 2.10. The summed E-state index contributed by atoms with van der Waals surface area (Å²) in [5, 5.41) is 2.77. The van der Waals surface area contributed by atoms with Crippen LogP contribution < -0.4 is 14.8 Å². The molecule has 0 heterocycles. The van der Waals surface area contributed by atoms with Crippen LogP contribution >= 0.6 is 11.8 Å². The maximum Gasteiger partial charge on any atom is 0.283 e. The van der Waals surface area contributed by atoms with E-state index >= 15 is 0 Å². The largest absolute Gasteiger partial charge is 0.494 e. The van der Waals surface area contributed by atoms with E-state index in [4.69, 9.17) is 9.47 Å². The molecule has 0 unspecified atom stereocenters. The number of nitrogens with one attached hydrogen (secondary N) is 1.